The van der Waals surface area contributed by atoms with Gasteiger partial charge in [0.25, 0.3) is 0 Å². The van der Waals surface area contributed by atoms with E-state index >= 15 is 0 Å². The van der Waals surface area contributed by atoms with Crippen LogP contribution in [0, 0.1) is 0 Å². The molecule has 0 amide bonds. The van der Waals surface area contributed by atoms with Crippen LogP contribution in [0.2, 0.25) is 0 Å². The molecule has 0 bridgehead atoms. The molecule has 0 heterocycles. The molecule has 1 fully saturated rings. The first-order valence-corrected chi connectivity index (χ1v) is 8.81. The summed E-state index contributed by atoms with van der Waals surface area (Å²) in [6.45, 7) is 0. The third-order valence-electron chi connectivity index (χ3n) is 4.10. The van der Waals surface area contributed by atoms with Crippen molar-refractivity contribution in [2.75, 3.05) is 19.9 Å². The van der Waals surface area contributed by atoms with Crippen LogP contribution in [0.3, 0.4) is 0 Å². The summed E-state index contributed by atoms with van der Waals surface area (Å²) in [6, 6.07) is 8.16. The van der Waals surface area contributed by atoms with Crippen LogP contribution in [0.15, 0.2) is 24.3 Å². The van der Waals surface area contributed by atoms with Crippen molar-refractivity contribution in [1.29, 1.82) is 0 Å². The summed E-state index contributed by atoms with van der Waals surface area (Å²) in [5.41, 5.74) is 1.15. The van der Waals surface area contributed by atoms with Gasteiger partial charge in [-0.1, -0.05) is 31.4 Å². The molecular weight excluding hydrogens is 270 g/mol. The van der Waals surface area contributed by atoms with Gasteiger partial charge in [0.15, 0.2) is 0 Å². The molecule has 1 aliphatic carbocycles. The van der Waals surface area contributed by atoms with E-state index in [2.05, 4.69) is 11.4 Å². The second kappa shape index (κ2) is 7.79. The molecule has 20 heavy (non-hydrogen) atoms. The fourth-order valence-electron chi connectivity index (χ4n) is 2.83. The summed E-state index contributed by atoms with van der Waals surface area (Å²) in [5.74, 6) is 1.54. The van der Waals surface area contributed by atoms with E-state index in [9.17, 15) is 4.21 Å². The Labute approximate surface area is 124 Å². The lowest BCUT2D eigenvalue weighted by Gasteiger charge is -2.24. The molecule has 4 heteroatoms. The van der Waals surface area contributed by atoms with Gasteiger partial charge in [0, 0.05) is 27.8 Å². The van der Waals surface area contributed by atoms with Crippen LogP contribution >= 0.6 is 0 Å². The summed E-state index contributed by atoms with van der Waals surface area (Å²) in [5, 5.41) is 3.68. The number of methoxy groups -OCH3 is 1. The highest BCUT2D eigenvalue weighted by molar-refractivity contribution is 7.85. The van der Waals surface area contributed by atoms with E-state index in [0.29, 0.717) is 11.0 Å². The predicted octanol–water partition coefficient (Wildman–Crippen LogP) is 3.04. The van der Waals surface area contributed by atoms with Crippen molar-refractivity contribution in [1.82, 2.24) is 5.32 Å². The monoisotopic (exact) mass is 295 g/mol. The fraction of sp³-hybridized carbons (Fsp3) is 0.625. The summed E-state index contributed by atoms with van der Waals surface area (Å²) in [4.78, 5) is 0. The van der Waals surface area contributed by atoms with E-state index in [0.717, 1.165) is 24.2 Å². The van der Waals surface area contributed by atoms with E-state index < -0.39 is 10.8 Å². The average Bonchev–Trinajstić information content (AvgIpc) is 2.53. The maximum atomic E-state index is 12.5. The van der Waals surface area contributed by atoms with Gasteiger partial charge in [-0.15, -0.1) is 0 Å². The van der Waals surface area contributed by atoms with Crippen molar-refractivity contribution in [2.45, 2.75) is 43.4 Å². The molecule has 0 aliphatic heterocycles. The Morgan fingerprint density at radius 3 is 2.75 bits per heavy atom. The Morgan fingerprint density at radius 1 is 1.35 bits per heavy atom. The Bertz CT molecular complexity index is 444. The number of hydrogen-bond donors (Lipinski definition) is 1. The minimum Gasteiger partial charge on any atom is -0.497 e. The molecule has 2 unspecified atom stereocenters. The molecule has 1 aromatic carbocycles. The van der Waals surface area contributed by atoms with Gasteiger partial charge in [-0.05, 0) is 37.6 Å². The van der Waals surface area contributed by atoms with Gasteiger partial charge in [-0.2, -0.15) is 0 Å². The molecule has 2 rings (SSSR count). The van der Waals surface area contributed by atoms with Crippen molar-refractivity contribution < 1.29 is 8.95 Å². The smallest absolute Gasteiger partial charge is 0.119 e. The van der Waals surface area contributed by atoms with Crippen LogP contribution < -0.4 is 10.1 Å². The first-order chi connectivity index (χ1) is 9.74. The molecule has 1 aliphatic rings. The Morgan fingerprint density at radius 2 is 2.10 bits per heavy atom. The van der Waals surface area contributed by atoms with Crippen LogP contribution in [0.4, 0.5) is 0 Å². The molecule has 3 nitrogen and oxygen atoms in total. The van der Waals surface area contributed by atoms with Gasteiger partial charge in [0.1, 0.15) is 5.75 Å². The van der Waals surface area contributed by atoms with Gasteiger partial charge in [-0.25, -0.2) is 0 Å². The summed E-state index contributed by atoms with van der Waals surface area (Å²) in [7, 11) is 2.86. The van der Waals surface area contributed by atoms with Crippen molar-refractivity contribution in [3.05, 3.63) is 29.8 Å². The molecule has 1 saturated carbocycles. The Kier molecular flexibility index (Phi) is 6.05. The lowest BCUT2D eigenvalue weighted by atomic mass is 10.0. The molecular formula is C16H25NO2S. The lowest BCUT2D eigenvalue weighted by Crippen LogP contribution is -2.28. The highest BCUT2D eigenvalue weighted by Crippen LogP contribution is 2.25. The number of hydrogen-bond acceptors (Lipinski definition) is 3. The van der Waals surface area contributed by atoms with Crippen LogP contribution in [0.5, 0.6) is 5.75 Å². The average molecular weight is 295 g/mol. The van der Waals surface area contributed by atoms with Gasteiger partial charge >= 0.3 is 0 Å². The molecule has 0 radical (unpaired) electrons. The summed E-state index contributed by atoms with van der Waals surface area (Å²) in [6.07, 6.45) is 6.03. The second-order valence-electron chi connectivity index (χ2n) is 5.43. The maximum absolute atomic E-state index is 12.5. The Balaban J connectivity index is 2.02. The van der Waals surface area contributed by atoms with Gasteiger partial charge in [-0.3, -0.25) is 4.21 Å². The minimum atomic E-state index is -0.749. The van der Waals surface area contributed by atoms with Crippen molar-refractivity contribution in [3.63, 3.8) is 0 Å². The zero-order chi connectivity index (χ0) is 14.4. The molecule has 1 N–H and O–H groups in total. The van der Waals surface area contributed by atoms with Crippen LogP contribution in [0.1, 0.15) is 43.7 Å². The molecule has 0 aromatic heterocycles. The first kappa shape index (κ1) is 15.5. The molecule has 0 saturated heterocycles. The van der Waals surface area contributed by atoms with E-state index in [4.69, 9.17) is 4.74 Å². The Hall–Kier alpha value is -0.870. The predicted molar refractivity (Wildman–Crippen MR) is 84.7 cm³/mol. The van der Waals surface area contributed by atoms with E-state index in [1.165, 1.54) is 19.3 Å². The van der Waals surface area contributed by atoms with Gasteiger partial charge in [0.05, 0.1) is 7.11 Å². The zero-order valence-electron chi connectivity index (χ0n) is 12.4. The SMILES string of the molecule is CNC(CS(=O)C1CCCCC1)c1cccc(OC)c1. The van der Waals surface area contributed by atoms with E-state index in [-0.39, 0.29) is 6.04 Å². The van der Waals surface area contributed by atoms with Crippen LogP contribution in [-0.2, 0) is 10.8 Å². The highest BCUT2D eigenvalue weighted by Gasteiger charge is 2.23. The molecule has 2 atom stereocenters. The molecule has 1 aromatic rings. The maximum Gasteiger partial charge on any atom is 0.119 e. The quantitative estimate of drug-likeness (QED) is 0.876. The first-order valence-electron chi connectivity index (χ1n) is 7.43. The third-order valence-corrected chi connectivity index (χ3v) is 5.98. The van der Waals surface area contributed by atoms with Crippen molar-refractivity contribution in [3.8, 4) is 5.75 Å². The van der Waals surface area contributed by atoms with Crippen molar-refractivity contribution in [2.24, 2.45) is 0 Å². The van der Waals surface area contributed by atoms with Crippen molar-refractivity contribution >= 4 is 10.8 Å². The minimum absolute atomic E-state index is 0.132. The fourth-order valence-corrected chi connectivity index (χ4v) is 4.65. The highest BCUT2D eigenvalue weighted by atomic mass is 32.2. The normalized spacial score (nSPS) is 19.5. The zero-order valence-corrected chi connectivity index (χ0v) is 13.2. The topological polar surface area (TPSA) is 38.3 Å². The second-order valence-corrected chi connectivity index (χ2v) is 7.19. The number of nitrogens with one attached hydrogen (secondary N) is 1. The molecule has 0 spiro atoms. The van der Waals surface area contributed by atoms with Crippen LogP contribution in [0.25, 0.3) is 0 Å². The number of ether oxygens (including phenoxy) is 1. The molecule has 112 valence electrons. The van der Waals surface area contributed by atoms with Crippen LogP contribution in [-0.4, -0.2) is 29.4 Å². The third kappa shape index (κ3) is 4.06. The van der Waals surface area contributed by atoms with Gasteiger partial charge in [0.2, 0.25) is 0 Å². The number of rotatable bonds is 6. The standard InChI is InChI=1S/C16H25NO2S/c1-17-16(13-7-6-8-14(11-13)19-2)12-20(18)15-9-4-3-5-10-15/h6-8,11,15-17H,3-5,9-10,12H2,1-2H3. The lowest BCUT2D eigenvalue weighted by molar-refractivity contribution is 0.413. The summed E-state index contributed by atoms with van der Waals surface area (Å²) >= 11 is 0. The largest absolute Gasteiger partial charge is 0.497 e. The van der Waals surface area contributed by atoms with E-state index in [1.807, 2.05) is 25.2 Å². The number of benzene rings is 1. The van der Waals surface area contributed by atoms with E-state index in [1.54, 1.807) is 7.11 Å². The summed E-state index contributed by atoms with van der Waals surface area (Å²) < 4.78 is 17.8. The van der Waals surface area contributed by atoms with Gasteiger partial charge < -0.3 is 10.1 Å².